The largest absolute Gasteiger partial charge is 0.383 e. The molecule has 98 valence electrons. The first kappa shape index (κ1) is 12.7. The van der Waals surface area contributed by atoms with Gasteiger partial charge in [-0.05, 0) is 39.5 Å². The Bertz CT molecular complexity index is 462. The van der Waals surface area contributed by atoms with Crippen LogP contribution in [0, 0.1) is 17.2 Å². The monoisotopic (exact) mass is 247 g/mol. The van der Waals surface area contributed by atoms with Crippen LogP contribution in [0.15, 0.2) is 0 Å². The lowest BCUT2D eigenvalue weighted by atomic mass is 10.2. The van der Waals surface area contributed by atoms with Crippen molar-refractivity contribution in [2.24, 2.45) is 5.92 Å². The fourth-order valence-electron chi connectivity index (χ4n) is 2.38. The Morgan fingerprint density at radius 2 is 2.11 bits per heavy atom. The van der Waals surface area contributed by atoms with Crippen molar-refractivity contribution in [1.82, 2.24) is 9.78 Å². The van der Waals surface area contributed by atoms with Crippen LogP contribution in [0.4, 0.5) is 11.6 Å². The normalized spacial score (nSPS) is 16.3. The van der Waals surface area contributed by atoms with Crippen molar-refractivity contribution >= 4 is 11.6 Å². The maximum Gasteiger partial charge on any atom is 0.170 e. The van der Waals surface area contributed by atoms with Gasteiger partial charge in [-0.2, -0.15) is 10.4 Å². The summed E-state index contributed by atoms with van der Waals surface area (Å²) in [5.74, 6) is 1.91. The minimum Gasteiger partial charge on any atom is -0.383 e. The molecule has 2 rings (SSSR count). The molecule has 1 aromatic heterocycles. The Hall–Kier alpha value is -1.70. The molecule has 5 heteroatoms. The first-order valence-corrected chi connectivity index (χ1v) is 6.67. The summed E-state index contributed by atoms with van der Waals surface area (Å²) in [6, 6.07) is 2.49. The third-order valence-corrected chi connectivity index (χ3v) is 3.79. The van der Waals surface area contributed by atoms with Gasteiger partial charge >= 0.3 is 0 Å². The highest BCUT2D eigenvalue weighted by atomic mass is 15.4. The number of nitrogens with two attached hydrogens (primary N) is 1. The molecule has 1 saturated carbocycles. The second kappa shape index (κ2) is 4.89. The van der Waals surface area contributed by atoms with Gasteiger partial charge < -0.3 is 10.6 Å². The maximum atomic E-state index is 9.28. The Morgan fingerprint density at radius 3 is 2.56 bits per heavy atom. The highest BCUT2D eigenvalue weighted by Crippen LogP contribution is 2.41. The van der Waals surface area contributed by atoms with Crippen molar-refractivity contribution in [1.29, 1.82) is 5.26 Å². The van der Waals surface area contributed by atoms with E-state index in [9.17, 15) is 5.26 Å². The van der Waals surface area contributed by atoms with Crippen molar-refractivity contribution in [2.75, 3.05) is 23.7 Å². The zero-order valence-electron chi connectivity index (χ0n) is 11.3. The first-order valence-electron chi connectivity index (χ1n) is 6.67. The standard InChI is InChI=1S/C13H21N5/c1-4-17(5-2)13-11(8-14)12(15)18(16-13)9(3)10-6-7-10/h9-10H,4-7,15H2,1-3H3. The maximum absolute atomic E-state index is 9.28. The van der Waals surface area contributed by atoms with Crippen LogP contribution >= 0.6 is 0 Å². The molecule has 1 aliphatic rings. The van der Waals surface area contributed by atoms with Crippen molar-refractivity contribution in [3.63, 3.8) is 0 Å². The Kier molecular flexibility index (Phi) is 3.46. The van der Waals surface area contributed by atoms with Crippen LogP contribution in [0.25, 0.3) is 0 Å². The quantitative estimate of drug-likeness (QED) is 0.865. The number of aromatic nitrogens is 2. The van der Waals surface area contributed by atoms with Crippen LogP contribution in [0.2, 0.25) is 0 Å². The highest BCUT2D eigenvalue weighted by Gasteiger charge is 2.32. The minimum atomic E-state index is 0.293. The van der Waals surface area contributed by atoms with Gasteiger partial charge in [-0.25, -0.2) is 4.68 Å². The fraction of sp³-hybridized carbons (Fsp3) is 0.692. The summed E-state index contributed by atoms with van der Waals surface area (Å²) in [6.45, 7) is 7.92. The van der Waals surface area contributed by atoms with Crippen LogP contribution in [0.5, 0.6) is 0 Å². The van der Waals surface area contributed by atoms with E-state index in [1.54, 1.807) is 0 Å². The summed E-state index contributed by atoms with van der Waals surface area (Å²) in [5, 5.41) is 13.9. The highest BCUT2D eigenvalue weighted by molar-refractivity contribution is 5.65. The molecule has 1 heterocycles. The summed E-state index contributed by atoms with van der Waals surface area (Å²) in [5.41, 5.74) is 6.60. The fourth-order valence-corrected chi connectivity index (χ4v) is 2.38. The van der Waals surface area contributed by atoms with E-state index >= 15 is 0 Å². The molecule has 5 nitrogen and oxygen atoms in total. The van der Waals surface area contributed by atoms with E-state index in [2.05, 4.69) is 36.8 Å². The second-order valence-electron chi connectivity index (χ2n) is 4.89. The number of nitrogen functional groups attached to an aromatic ring is 1. The Labute approximate surface area is 108 Å². The van der Waals surface area contributed by atoms with Gasteiger partial charge in [0, 0.05) is 13.1 Å². The van der Waals surface area contributed by atoms with Gasteiger partial charge in [0.15, 0.2) is 5.82 Å². The lowest BCUT2D eigenvalue weighted by Crippen LogP contribution is -2.23. The minimum absolute atomic E-state index is 0.293. The van der Waals surface area contributed by atoms with Crippen molar-refractivity contribution in [2.45, 2.75) is 39.7 Å². The second-order valence-corrected chi connectivity index (χ2v) is 4.89. The van der Waals surface area contributed by atoms with Gasteiger partial charge in [-0.15, -0.1) is 0 Å². The summed E-state index contributed by atoms with van der Waals surface area (Å²) in [7, 11) is 0. The molecule has 0 radical (unpaired) electrons. The molecule has 0 amide bonds. The van der Waals surface area contributed by atoms with Crippen LogP contribution in [-0.4, -0.2) is 22.9 Å². The molecular weight excluding hydrogens is 226 g/mol. The summed E-state index contributed by atoms with van der Waals surface area (Å²) < 4.78 is 1.84. The molecule has 1 aliphatic carbocycles. The number of hydrogen-bond acceptors (Lipinski definition) is 4. The molecule has 0 spiro atoms. The van der Waals surface area contributed by atoms with E-state index in [1.807, 2.05) is 4.68 Å². The lowest BCUT2D eigenvalue weighted by molar-refractivity contribution is 0.446. The zero-order chi connectivity index (χ0) is 13.3. The zero-order valence-corrected chi connectivity index (χ0v) is 11.3. The third-order valence-electron chi connectivity index (χ3n) is 3.79. The molecule has 2 N–H and O–H groups in total. The number of anilines is 2. The van der Waals surface area contributed by atoms with E-state index in [4.69, 9.17) is 5.73 Å². The van der Waals surface area contributed by atoms with Crippen LogP contribution < -0.4 is 10.6 Å². The van der Waals surface area contributed by atoms with E-state index < -0.39 is 0 Å². The Balaban J connectivity index is 2.41. The Morgan fingerprint density at radius 1 is 1.50 bits per heavy atom. The van der Waals surface area contributed by atoms with E-state index in [-0.39, 0.29) is 0 Å². The van der Waals surface area contributed by atoms with Crippen molar-refractivity contribution < 1.29 is 0 Å². The number of nitrogens with zero attached hydrogens (tertiary/aromatic N) is 4. The molecule has 1 unspecified atom stereocenters. The SMILES string of the molecule is CCN(CC)c1nn(C(C)C2CC2)c(N)c1C#N. The van der Waals surface area contributed by atoms with Gasteiger partial charge in [0.2, 0.25) is 0 Å². The van der Waals surface area contributed by atoms with Crippen LogP contribution in [-0.2, 0) is 0 Å². The van der Waals surface area contributed by atoms with E-state index in [0.29, 0.717) is 23.3 Å². The third kappa shape index (κ3) is 2.03. The molecule has 0 aliphatic heterocycles. The number of hydrogen-bond donors (Lipinski definition) is 1. The average molecular weight is 247 g/mol. The first-order chi connectivity index (χ1) is 8.63. The predicted molar refractivity (Wildman–Crippen MR) is 72.4 cm³/mol. The molecule has 18 heavy (non-hydrogen) atoms. The smallest absolute Gasteiger partial charge is 0.170 e. The average Bonchev–Trinajstić information content (AvgIpc) is 3.16. The molecule has 0 saturated heterocycles. The summed E-state index contributed by atoms with van der Waals surface area (Å²) in [4.78, 5) is 2.07. The van der Waals surface area contributed by atoms with Gasteiger partial charge in [0.25, 0.3) is 0 Å². The molecule has 1 aromatic rings. The van der Waals surface area contributed by atoms with Crippen LogP contribution in [0.1, 0.15) is 45.2 Å². The van der Waals surface area contributed by atoms with E-state index in [0.717, 1.165) is 18.9 Å². The van der Waals surface area contributed by atoms with Crippen molar-refractivity contribution in [3.8, 4) is 6.07 Å². The summed E-state index contributed by atoms with van der Waals surface area (Å²) >= 11 is 0. The van der Waals surface area contributed by atoms with Crippen molar-refractivity contribution in [3.05, 3.63) is 5.56 Å². The van der Waals surface area contributed by atoms with Gasteiger partial charge in [-0.1, -0.05) is 0 Å². The molecule has 0 bridgehead atoms. The topological polar surface area (TPSA) is 70.9 Å². The molecular formula is C13H21N5. The number of nitriles is 1. The summed E-state index contributed by atoms with van der Waals surface area (Å²) in [6.07, 6.45) is 2.48. The number of rotatable bonds is 5. The van der Waals surface area contributed by atoms with Crippen LogP contribution in [0.3, 0.4) is 0 Å². The molecule has 1 fully saturated rings. The molecule has 1 atom stereocenters. The molecule has 0 aromatic carbocycles. The lowest BCUT2D eigenvalue weighted by Gasteiger charge is -2.18. The predicted octanol–water partition coefficient (Wildman–Crippen LogP) is 2.15. The van der Waals surface area contributed by atoms with Gasteiger partial charge in [-0.3, -0.25) is 0 Å². The van der Waals surface area contributed by atoms with Gasteiger partial charge in [0.1, 0.15) is 17.5 Å². The van der Waals surface area contributed by atoms with E-state index in [1.165, 1.54) is 12.8 Å². The van der Waals surface area contributed by atoms with Gasteiger partial charge in [0.05, 0.1) is 6.04 Å².